The highest BCUT2D eigenvalue weighted by molar-refractivity contribution is 5.88. The molecule has 0 unspecified atom stereocenters. The summed E-state index contributed by atoms with van der Waals surface area (Å²) in [4.78, 5) is 32.8. The SMILES string of the molecule is COc1cc(C)nc(NC(=O)N2C[C@@H](C)[C@H](C(=O)O)C2)n1. The van der Waals surface area contributed by atoms with Crippen LogP contribution in [0.25, 0.3) is 0 Å². The fourth-order valence-corrected chi connectivity index (χ4v) is 2.33. The third-order valence-corrected chi connectivity index (χ3v) is 3.48. The summed E-state index contributed by atoms with van der Waals surface area (Å²) >= 11 is 0. The molecule has 1 aromatic rings. The van der Waals surface area contributed by atoms with Crippen LogP contribution in [0.2, 0.25) is 0 Å². The molecule has 1 aliphatic rings. The number of carboxylic acids is 1. The van der Waals surface area contributed by atoms with E-state index in [0.29, 0.717) is 18.1 Å². The van der Waals surface area contributed by atoms with Crippen LogP contribution in [-0.2, 0) is 4.79 Å². The average molecular weight is 294 g/mol. The van der Waals surface area contributed by atoms with Crippen molar-refractivity contribution in [1.82, 2.24) is 14.9 Å². The Morgan fingerprint density at radius 1 is 1.43 bits per heavy atom. The van der Waals surface area contributed by atoms with Crippen LogP contribution in [-0.4, -0.2) is 52.2 Å². The Bertz CT molecular complexity index is 563. The first-order valence-corrected chi connectivity index (χ1v) is 6.59. The average Bonchev–Trinajstić information content (AvgIpc) is 2.80. The van der Waals surface area contributed by atoms with Crippen molar-refractivity contribution in [3.05, 3.63) is 11.8 Å². The van der Waals surface area contributed by atoms with Crippen molar-refractivity contribution in [3.8, 4) is 5.88 Å². The number of anilines is 1. The van der Waals surface area contributed by atoms with Crippen LogP contribution in [0.1, 0.15) is 12.6 Å². The van der Waals surface area contributed by atoms with Crippen LogP contribution in [0, 0.1) is 18.8 Å². The number of ether oxygens (including phenoxy) is 1. The van der Waals surface area contributed by atoms with E-state index in [0.717, 1.165) is 0 Å². The van der Waals surface area contributed by atoms with E-state index in [2.05, 4.69) is 15.3 Å². The molecule has 1 aromatic heterocycles. The number of rotatable bonds is 3. The summed E-state index contributed by atoms with van der Waals surface area (Å²) in [6.45, 7) is 4.16. The van der Waals surface area contributed by atoms with Gasteiger partial charge in [-0.05, 0) is 12.8 Å². The number of likely N-dealkylation sites (tertiary alicyclic amines) is 1. The molecule has 2 amide bonds. The van der Waals surface area contributed by atoms with E-state index in [1.54, 1.807) is 13.0 Å². The van der Waals surface area contributed by atoms with E-state index < -0.39 is 17.9 Å². The molecular weight excluding hydrogens is 276 g/mol. The highest BCUT2D eigenvalue weighted by atomic mass is 16.5. The molecule has 0 bridgehead atoms. The second kappa shape index (κ2) is 5.94. The molecule has 0 aliphatic carbocycles. The van der Waals surface area contributed by atoms with Gasteiger partial charge in [0.1, 0.15) is 0 Å². The standard InChI is InChI=1S/C13H18N4O4/c1-7-5-17(6-9(7)11(18)19)13(20)16-12-14-8(2)4-10(15-12)21-3/h4,7,9H,5-6H2,1-3H3,(H,18,19)(H,14,15,16,20)/t7-,9-/m1/s1. The quantitative estimate of drug-likeness (QED) is 0.861. The van der Waals surface area contributed by atoms with Crippen molar-refractivity contribution in [2.45, 2.75) is 13.8 Å². The monoisotopic (exact) mass is 294 g/mol. The lowest BCUT2D eigenvalue weighted by molar-refractivity contribution is -0.142. The maximum Gasteiger partial charge on any atom is 0.324 e. The van der Waals surface area contributed by atoms with Crippen LogP contribution in [0.3, 0.4) is 0 Å². The van der Waals surface area contributed by atoms with E-state index in [4.69, 9.17) is 9.84 Å². The fraction of sp³-hybridized carbons (Fsp3) is 0.538. The Balaban J connectivity index is 2.05. The smallest absolute Gasteiger partial charge is 0.324 e. The van der Waals surface area contributed by atoms with Gasteiger partial charge in [-0.3, -0.25) is 10.1 Å². The molecule has 2 N–H and O–H groups in total. The van der Waals surface area contributed by atoms with Gasteiger partial charge >= 0.3 is 12.0 Å². The summed E-state index contributed by atoms with van der Waals surface area (Å²) < 4.78 is 5.01. The third kappa shape index (κ3) is 3.39. The van der Waals surface area contributed by atoms with E-state index in [1.165, 1.54) is 12.0 Å². The summed E-state index contributed by atoms with van der Waals surface area (Å²) in [5.74, 6) is -1.00. The maximum atomic E-state index is 12.1. The van der Waals surface area contributed by atoms with Crippen LogP contribution >= 0.6 is 0 Å². The number of aromatic nitrogens is 2. The molecule has 2 rings (SSSR count). The zero-order chi connectivity index (χ0) is 15.6. The lowest BCUT2D eigenvalue weighted by Crippen LogP contribution is -2.34. The summed E-state index contributed by atoms with van der Waals surface area (Å²) in [5, 5.41) is 11.6. The number of nitrogens with zero attached hydrogens (tertiary/aromatic N) is 3. The first-order valence-electron chi connectivity index (χ1n) is 6.59. The number of amides is 2. The van der Waals surface area contributed by atoms with Crippen molar-refractivity contribution in [2.75, 3.05) is 25.5 Å². The maximum absolute atomic E-state index is 12.1. The van der Waals surface area contributed by atoms with Gasteiger partial charge in [0.05, 0.1) is 13.0 Å². The molecule has 2 heterocycles. The number of hydrogen-bond donors (Lipinski definition) is 2. The Morgan fingerprint density at radius 2 is 2.14 bits per heavy atom. The Labute approximate surface area is 122 Å². The predicted octanol–water partition coefficient (Wildman–Crippen LogP) is 0.978. The molecule has 114 valence electrons. The summed E-state index contributed by atoms with van der Waals surface area (Å²) in [5.41, 5.74) is 0.662. The largest absolute Gasteiger partial charge is 0.481 e. The molecule has 8 nitrogen and oxygen atoms in total. The lowest BCUT2D eigenvalue weighted by Gasteiger charge is -2.16. The van der Waals surface area contributed by atoms with E-state index >= 15 is 0 Å². The van der Waals surface area contributed by atoms with Gasteiger partial charge in [-0.1, -0.05) is 6.92 Å². The first kappa shape index (κ1) is 15.0. The number of aryl methyl sites for hydroxylation is 1. The second-order valence-electron chi connectivity index (χ2n) is 5.13. The molecule has 0 saturated carbocycles. The predicted molar refractivity (Wildman–Crippen MR) is 74.2 cm³/mol. The molecule has 0 radical (unpaired) electrons. The first-order chi connectivity index (χ1) is 9.90. The molecule has 21 heavy (non-hydrogen) atoms. The minimum absolute atomic E-state index is 0.0822. The Hall–Kier alpha value is -2.38. The molecule has 0 spiro atoms. The number of aliphatic carboxylic acids is 1. The number of urea groups is 1. The van der Waals surface area contributed by atoms with Gasteiger partial charge < -0.3 is 14.7 Å². The second-order valence-corrected chi connectivity index (χ2v) is 5.13. The Kier molecular flexibility index (Phi) is 4.25. The van der Waals surface area contributed by atoms with Crippen molar-refractivity contribution < 1.29 is 19.4 Å². The van der Waals surface area contributed by atoms with Gasteiger partial charge in [-0.2, -0.15) is 4.98 Å². The fourth-order valence-electron chi connectivity index (χ4n) is 2.33. The number of carbonyl (C=O) groups excluding carboxylic acids is 1. The van der Waals surface area contributed by atoms with Gasteiger partial charge in [-0.25, -0.2) is 9.78 Å². The van der Waals surface area contributed by atoms with Gasteiger partial charge in [0.15, 0.2) is 0 Å². The number of carboxylic acid groups (broad SMARTS) is 1. The molecule has 2 atom stereocenters. The molecule has 1 fully saturated rings. The zero-order valence-electron chi connectivity index (χ0n) is 12.2. The number of nitrogens with one attached hydrogen (secondary N) is 1. The summed E-state index contributed by atoms with van der Waals surface area (Å²) in [6.07, 6.45) is 0. The van der Waals surface area contributed by atoms with Crippen LogP contribution in [0.4, 0.5) is 10.7 Å². The molecular formula is C13H18N4O4. The van der Waals surface area contributed by atoms with E-state index in [-0.39, 0.29) is 18.4 Å². The van der Waals surface area contributed by atoms with Crippen molar-refractivity contribution in [1.29, 1.82) is 0 Å². The Morgan fingerprint density at radius 3 is 2.71 bits per heavy atom. The zero-order valence-corrected chi connectivity index (χ0v) is 12.2. The lowest BCUT2D eigenvalue weighted by atomic mass is 9.99. The summed E-state index contributed by atoms with van der Waals surface area (Å²) in [7, 11) is 1.48. The number of methoxy groups -OCH3 is 1. The number of carbonyl (C=O) groups is 2. The topological polar surface area (TPSA) is 105 Å². The summed E-state index contributed by atoms with van der Waals surface area (Å²) in [6, 6.07) is 1.24. The molecule has 1 saturated heterocycles. The molecule has 1 aliphatic heterocycles. The minimum Gasteiger partial charge on any atom is -0.481 e. The van der Waals surface area contributed by atoms with Gasteiger partial charge in [0, 0.05) is 24.8 Å². The van der Waals surface area contributed by atoms with Gasteiger partial charge in [0.25, 0.3) is 0 Å². The normalized spacial score (nSPS) is 21.2. The van der Waals surface area contributed by atoms with Crippen LogP contribution in [0.15, 0.2) is 6.07 Å². The minimum atomic E-state index is -0.883. The van der Waals surface area contributed by atoms with Crippen molar-refractivity contribution in [2.24, 2.45) is 11.8 Å². The highest BCUT2D eigenvalue weighted by Crippen LogP contribution is 2.23. The highest BCUT2D eigenvalue weighted by Gasteiger charge is 2.37. The van der Waals surface area contributed by atoms with Gasteiger partial charge in [-0.15, -0.1) is 0 Å². The molecule has 0 aromatic carbocycles. The van der Waals surface area contributed by atoms with Gasteiger partial charge in [0.2, 0.25) is 11.8 Å². The molecule has 8 heteroatoms. The van der Waals surface area contributed by atoms with Crippen LogP contribution in [0.5, 0.6) is 5.88 Å². The van der Waals surface area contributed by atoms with Crippen LogP contribution < -0.4 is 10.1 Å². The van der Waals surface area contributed by atoms with Crippen molar-refractivity contribution >= 4 is 17.9 Å². The van der Waals surface area contributed by atoms with E-state index in [9.17, 15) is 9.59 Å². The van der Waals surface area contributed by atoms with Crippen molar-refractivity contribution in [3.63, 3.8) is 0 Å². The third-order valence-electron chi connectivity index (χ3n) is 3.48. The number of hydrogen-bond acceptors (Lipinski definition) is 5. The van der Waals surface area contributed by atoms with E-state index in [1.807, 2.05) is 6.92 Å².